The molecule has 2 rings (SSSR count). The van der Waals surface area contributed by atoms with Crippen molar-refractivity contribution in [3.05, 3.63) is 41.3 Å². The van der Waals surface area contributed by atoms with Gasteiger partial charge in [0.15, 0.2) is 17.4 Å². The summed E-state index contributed by atoms with van der Waals surface area (Å²) < 4.78 is 18.5. The second-order valence-electron chi connectivity index (χ2n) is 4.40. The van der Waals surface area contributed by atoms with Crippen molar-refractivity contribution in [1.29, 1.82) is 0 Å². The first-order valence-corrected chi connectivity index (χ1v) is 6.26. The van der Waals surface area contributed by atoms with Gasteiger partial charge in [-0.3, -0.25) is 9.89 Å². The predicted octanol–water partition coefficient (Wildman–Crippen LogP) is 2.57. The number of amides is 1. The smallest absolute Gasteiger partial charge is 0.229 e. The monoisotopic (exact) mass is 277 g/mol. The fraction of sp³-hybridized carbons (Fsp3) is 0.286. The summed E-state index contributed by atoms with van der Waals surface area (Å²) in [6.45, 7) is 3.85. The number of hydrogen-bond acceptors (Lipinski definition) is 3. The SMILES string of the molecule is Cc1[nH]nc(NC(=O)CCOc2ccccc2F)c1C. The maximum absolute atomic E-state index is 13.3. The zero-order valence-corrected chi connectivity index (χ0v) is 11.4. The highest BCUT2D eigenvalue weighted by atomic mass is 19.1. The Labute approximate surface area is 116 Å². The van der Waals surface area contributed by atoms with Gasteiger partial charge in [0.25, 0.3) is 0 Å². The average molecular weight is 277 g/mol. The van der Waals surface area contributed by atoms with E-state index in [1.165, 1.54) is 12.1 Å². The van der Waals surface area contributed by atoms with Gasteiger partial charge in [-0.2, -0.15) is 5.10 Å². The van der Waals surface area contributed by atoms with Gasteiger partial charge in [-0.05, 0) is 26.0 Å². The number of benzene rings is 1. The van der Waals surface area contributed by atoms with E-state index in [0.717, 1.165) is 11.3 Å². The van der Waals surface area contributed by atoms with Crippen LogP contribution in [0.4, 0.5) is 10.2 Å². The van der Waals surface area contributed by atoms with Crippen LogP contribution in [0.2, 0.25) is 0 Å². The van der Waals surface area contributed by atoms with Crippen LogP contribution in [0.5, 0.6) is 5.75 Å². The lowest BCUT2D eigenvalue weighted by Crippen LogP contribution is -2.16. The van der Waals surface area contributed by atoms with Crippen LogP contribution in [0.1, 0.15) is 17.7 Å². The highest BCUT2D eigenvalue weighted by Crippen LogP contribution is 2.16. The van der Waals surface area contributed by atoms with Gasteiger partial charge in [0.1, 0.15) is 0 Å². The Kier molecular flexibility index (Phi) is 4.34. The van der Waals surface area contributed by atoms with Crippen LogP contribution in [0.25, 0.3) is 0 Å². The van der Waals surface area contributed by atoms with Gasteiger partial charge in [-0.15, -0.1) is 0 Å². The highest BCUT2D eigenvalue weighted by Gasteiger charge is 2.10. The van der Waals surface area contributed by atoms with Crippen molar-refractivity contribution in [3.8, 4) is 5.75 Å². The Balaban J connectivity index is 1.81. The maximum Gasteiger partial charge on any atom is 0.229 e. The molecule has 5 nitrogen and oxygen atoms in total. The summed E-state index contributed by atoms with van der Waals surface area (Å²) in [5.74, 6) is -0.00639. The minimum atomic E-state index is -0.438. The van der Waals surface area contributed by atoms with Crippen molar-refractivity contribution in [3.63, 3.8) is 0 Å². The van der Waals surface area contributed by atoms with E-state index in [1.54, 1.807) is 12.1 Å². The number of H-pyrrole nitrogens is 1. The van der Waals surface area contributed by atoms with Gasteiger partial charge in [0, 0.05) is 11.3 Å². The molecule has 1 aromatic heterocycles. The molecule has 0 radical (unpaired) electrons. The third-order valence-electron chi connectivity index (χ3n) is 2.93. The topological polar surface area (TPSA) is 67.0 Å². The number of nitrogens with one attached hydrogen (secondary N) is 2. The molecule has 106 valence electrons. The molecule has 20 heavy (non-hydrogen) atoms. The number of nitrogens with zero attached hydrogens (tertiary/aromatic N) is 1. The number of rotatable bonds is 5. The van der Waals surface area contributed by atoms with Crippen molar-refractivity contribution in [2.45, 2.75) is 20.3 Å². The number of para-hydroxylation sites is 1. The molecule has 1 aromatic carbocycles. The van der Waals surface area contributed by atoms with Crippen molar-refractivity contribution >= 4 is 11.7 Å². The molecule has 0 aliphatic heterocycles. The van der Waals surface area contributed by atoms with Crippen LogP contribution >= 0.6 is 0 Å². The van der Waals surface area contributed by atoms with E-state index in [2.05, 4.69) is 15.5 Å². The van der Waals surface area contributed by atoms with Gasteiger partial charge in [-0.1, -0.05) is 12.1 Å². The van der Waals surface area contributed by atoms with Crippen LogP contribution in [0, 0.1) is 19.7 Å². The van der Waals surface area contributed by atoms with Crippen molar-refractivity contribution in [2.75, 3.05) is 11.9 Å². The summed E-state index contributed by atoms with van der Waals surface area (Å²) in [5, 5.41) is 9.44. The number of carbonyl (C=O) groups is 1. The van der Waals surface area contributed by atoms with Crippen LogP contribution in [0.15, 0.2) is 24.3 Å². The molecule has 1 heterocycles. The second-order valence-corrected chi connectivity index (χ2v) is 4.40. The van der Waals surface area contributed by atoms with Crippen LogP contribution in [-0.2, 0) is 4.79 Å². The fourth-order valence-electron chi connectivity index (χ4n) is 1.62. The molecule has 0 aliphatic carbocycles. The Bertz CT molecular complexity index is 610. The molecule has 0 unspecified atom stereocenters. The Morgan fingerprint density at radius 3 is 2.80 bits per heavy atom. The third kappa shape index (κ3) is 3.34. The lowest BCUT2D eigenvalue weighted by molar-refractivity contribution is -0.116. The van der Waals surface area contributed by atoms with Gasteiger partial charge >= 0.3 is 0 Å². The standard InChI is InChI=1S/C14H16FN3O2/c1-9-10(2)17-18-14(9)16-13(19)7-8-20-12-6-4-3-5-11(12)15/h3-6H,7-8H2,1-2H3,(H2,16,17,18,19). The summed E-state index contributed by atoms with van der Waals surface area (Å²) in [5.41, 5.74) is 1.80. The van der Waals surface area contributed by atoms with Crippen molar-refractivity contribution in [1.82, 2.24) is 10.2 Å². The van der Waals surface area contributed by atoms with Gasteiger partial charge in [0.05, 0.1) is 13.0 Å². The number of hydrogen-bond donors (Lipinski definition) is 2. The van der Waals surface area contributed by atoms with E-state index in [4.69, 9.17) is 4.74 Å². The van der Waals surface area contributed by atoms with E-state index in [9.17, 15) is 9.18 Å². The number of anilines is 1. The van der Waals surface area contributed by atoms with Gasteiger partial charge < -0.3 is 10.1 Å². The summed E-state index contributed by atoms with van der Waals surface area (Å²) in [6.07, 6.45) is 0.125. The molecule has 0 atom stereocenters. The third-order valence-corrected chi connectivity index (χ3v) is 2.93. The molecule has 0 spiro atoms. The van der Waals surface area contributed by atoms with Crippen LogP contribution < -0.4 is 10.1 Å². The molecular weight excluding hydrogens is 261 g/mol. The largest absolute Gasteiger partial charge is 0.490 e. The molecular formula is C14H16FN3O2. The number of carbonyl (C=O) groups excluding carboxylic acids is 1. The Morgan fingerprint density at radius 2 is 2.15 bits per heavy atom. The first-order chi connectivity index (χ1) is 9.58. The zero-order chi connectivity index (χ0) is 14.5. The van der Waals surface area contributed by atoms with E-state index < -0.39 is 5.82 Å². The number of aromatic amines is 1. The molecule has 0 fully saturated rings. The maximum atomic E-state index is 13.3. The first kappa shape index (κ1) is 14.0. The van der Waals surface area contributed by atoms with E-state index in [0.29, 0.717) is 5.82 Å². The predicted molar refractivity (Wildman–Crippen MR) is 73.2 cm³/mol. The number of ether oxygens (including phenoxy) is 1. The minimum Gasteiger partial charge on any atom is -0.490 e. The fourth-order valence-corrected chi connectivity index (χ4v) is 1.62. The lowest BCUT2D eigenvalue weighted by atomic mass is 10.3. The van der Waals surface area contributed by atoms with Crippen LogP contribution in [-0.4, -0.2) is 22.7 Å². The normalized spacial score (nSPS) is 10.3. The summed E-state index contributed by atoms with van der Waals surface area (Å²) in [7, 11) is 0. The molecule has 1 amide bonds. The molecule has 2 N–H and O–H groups in total. The van der Waals surface area contributed by atoms with E-state index >= 15 is 0 Å². The molecule has 2 aromatic rings. The number of aromatic nitrogens is 2. The lowest BCUT2D eigenvalue weighted by Gasteiger charge is -2.07. The number of halogens is 1. The summed E-state index contributed by atoms with van der Waals surface area (Å²) in [6, 6.07) is 6.09. The summed E-state index contributed by atoms with van der Waals surface area (Å²) in [4.78, 5) is 11.7. The van der Waals surface area contributed by atoms with Crippen molar-refractivity contribution in [2.24, 2.45) is 0 Å². The molecule has 0 saturated heterocycles. The summed E-state index contributed by atoms with van der Waals surface area (Å²) >= 11 is 0. The molecule has 6 heteroatoms. The van der Waals surface area contributed by atoms with Crippen LogP contribution in [0.3, 0.4) is 0 Å². The quantitative estimate of drug-likeness (QED) is 0.882. The molecule has 0 saturated carbocycles. The van der Waals surface area contributed by atoms with E-state index in [1.807, 2.05) is 13.8 Å². The highest BCUT2D eigenvalue weighted by molar-refractivity contribution is 5.90. The van der Waals surface area contributed by atoms with Gasteiger partial charge in [-0.25, -0.2) is 4.39 Å². The minimum absolute atomic E-state index is 0.106. The molecule has 0 bridgehead atoms. The average Bonchev–Trinajstić information content (AvgIpc) is 2.73. The van der Waals surface area contributed by atoms with Crippen molar-refractivity contribution < 1.29 is 13.9 Å². The molecule has 0 aliphatic rings. The Morgan fingerprint density at radius 1 is 1.40 bits per heavy atom. The zero-order valence-electron chi connectivity index (χ0n) is 11.4. The second kappa shape index (κ2) is 6.18. The Hall–Kier alpha value is -2.37. The number of aryl methyl sites for hydroxylation is 1. The van der Waals surface area contributed by atoms with Gasteiger partial charge in [0.2, 0.25) is 5.91 Å². The van der Waals surface area contributed by atoms with E-state index in [-0.39, 0.29) is 24.7 Å². The first-order valence-electron chi connectivity index (χ1n) is 6.26.